The number of methoxy groups -OCH3 is 1. The monoisotopic (exact) mass is 402 g/mol. The van der Waals surface area contributed by atoms with Crippen LogP contribution in [-0.2, 0) is 22.7 Å². The summed E-state index contributed by atoms with van der Waals surface area (Å²) in [5.74, 6) is 0.671. The number of aryl methyl sites for hydroxylation is 2. The normalized spacial score (nSPS) is 14.9. The van der Waals surface area contributed by atoms with E-state index in [1.165, 1.54) is 22.1 Å². The lowest BCUT2D eigenvalue weighted by molar-refractivity contribution is 0.414. The van der Waals surface area contributed by atoms with Crippen molar-refractivity contribution in [2.45, 2.75) is 24.0 Å². The van der Waals surface area contributed by atoms with Gasteiger partial charge in [0, 0.05) is 16.5 Å². The molecule has 0 spiro atoms. The Kier molecular flexibility index (Phi) is 4.39. The number of ether oxygens (including phenoxy) is 1. The van der Waals surface area contributed by atoms with Crippen LogP contribution in [0.15, 0.2) is 45.4 Å². The molecule has 0 aliphatic carbocycles. The maximum Gasteiger partial charge on any atom is 0.271 e. The van der Waals surface area contributed by atoms with Gasteiger partial charge in [0.15, 0.2) is 9.84 Å². The second kappa shape index (κ2) is 6.61. The van der Waals surface area contributed by atoms with Gasteiger partial charge in [-0.25, -0.2) is 8.42 Å². The Hall–Kier alpha value is -2.45. The van der Waals surface area contributed by atoms with E-state index in [9.17, 15) is 13.2 Å². The number of rotatable bonds is 3. The summed E-state index contributed by atoms with van der Waals surface area (Å²) in [6.45, 7) is 1.99. The second-order valence-electron chi connectivity index (χ2n) is 6.30. The summed E-state index contributed by atoms with van der Waals surface area (Å²) >= 11 is 1.30. The molecule has 0 unspecified atom stereocenters. The van der Waals surface area contributed by atoms with Gasteiger partial charge in [0.05, 0.1) is 24.2 Å². The fourth-order valence-electron chi connectivity index (χ4n) is 3.15. The number of sulfone groups is 1. The Morgan fingerprint density at radius 3 is 2.63 bits per heavy atom. The van der Waals surface area contributed by atoms with Crippen molar-refractivity contribution in [2.75, 3.05) is 12.9 Å². The maximum absolute atomic E-state index is 12.7. The van der Waals surface area contributed by atoms with Crippen LogP contribution in [0.3, 0.4) is 0 Å². The van der Waals surface area contributed by atoms with Crippen molar-refractivity contribution >= 4 is 21.2 Å². The minimum atomic E-state index is -3.38. The van der Waals surface area contributed by atoms with Gasteiger partial charge in [0.1, 0.15) is 9.96 Å². The van der Waals surface area contributed by atoms with Gasteiger partial charge in [-0.05, 0) is 48.7 Å². The van der Waals surface area contributed by atoms with Gasteiger partial charge < -0.3 is 4.74 Å². The van der Waals surface area contributed by atoms with Crippen molar-refractivity contribution in [3.8, 4) is 22.7 Å². The predicted molar refractivity (Wildman–Crippen MR) is 105 cm³/mol. The van der Waals surface area contributed by atoms with Crippen molar-refractivity contribution in [3.63, 3.8) is 0 Å². The quantitative estimate of drug-likeness (QED) is 0.673. The molecule has 1 aromatic carbocycles. The molecule has 0 saturated carbocycles. The van der Waals surface area contributed by atoms with Crippen LogP contribution < -0.4 is 10.3 Å². The Labute approximate surface area is 161 Å². The van der Waals surface area contributed by atoms with Gasteiger partial charge in [-0.3, -0.25) is 4.79 Å². The molecule has 0 fully saturated rings. The highest BCUT2D eigenvalue weighted by Crippen LogP contribution is 2.39. The number of benzene rings is 1. The van der Waals surface area contributed by atoms with E-state index in [0.717, 1.165) is 11.3 Å². The summed E-state index contributed by atoms with van der Waals surface area (Å²) in [4.78, 5) is 13.6. The van der Waals surface area contributed by atoms with E-state index >= 15 is 0 Å². The van der Waals surface area contributed by atoms with Crippen molar-refractivity contribution in [1.82, 2.24) is 9.78 Å². The molecule has 2 aromatic heterocycles. The molecule has 1 aliphatic heterocycles. The van der Waals surface area contributed by atoms with Crippen molar-refractivity contribution in [3.05, 3.63) is 57.2 Å². The molecule has 6 nitrogen and oxygen atoms in total. The van der Waals surface area contributed by atoms with Crippen LogP contribution in [0.4, 0.5) is 0 Å². The fourth-order valence-corrected chi connectivity index (χ4v) is 6.22. The first kappa shape index (κ1) is 17.9. The zero-order valence-electron chi connectivity index (χ0n) is 14.9. The molecule has 0 bridgehead atoms. The SMILES string of the molecule is CCc1cc2c(s1)S(=O)(=O)CCc1cc(=O)n(-c3ccc(OC)cc3)nc1-2. The van der Waals surface area contributed by atoms with Crippen molar-refractivity contribution in [1.29, 1.82) is 0 Å². The first-order valence-electron chi connectivity index (χ1n) is 8.56. The third kappa shape index (κ3) is 3.08. The molecule has 27 heavy (non-hydrogen) atoms. The van der Waals surface area contributed by atoms with E-state index in [1.807, 2.05) is 13.0 Å². The topological polar surface area (TPSA) is 78.3 Å². The lowest BCUT2D eigenvalue weighted by Crippen LogP contribution is -2.22. The van der Waals surface area contributed by atoms with Crippen LogP contribution in [0.25, 0.3) is 16.9 Å². The number of thiophene rings is 1. The highest BCUT2D eigenvalue weighted by atomic mass is 32.2. The number of aromatic nitrogens is 2. The molecular weight excluding hydrogens is 384 g/mol. The molecule has 0 N–H and O–H groups in total. The Morgan fingerprint density at radius 1 is 1.22 bits per heavy atom. The summed E-state index contributed by atoms with van der Waals surface area (Å²) in [6.07, 6.45) is 1.03. The average Bonchev–Trinajstić information content (AvgIpc) is 3.08. The molecule has 8 heteroatoms. The van der Waals surface area contributed by atoms with E-state index in [2.05, 4.69) is 5.10 Å². The zero-order valence-corrected chi connectivity index (χ0v) is 16.6. The van der Waals surface area contributed by atoms with Crippen LogP contribution in [-0.4, -0.2) is 31.1 Å². The molecule has 140 valence electrons. The number of nitrogens with zero attached hydrogens (tertiary/aromatic N) is 2. The molecule has 0 saturated heterocycles. The van der Waals surface area contributed by atoms with Crippen LogP contribution in [0.1, 0.15) is 17.4 Å². The van der Waals surface area contributed by atoms with Gasteiger partial charge in [-0.2, -0.15) is 9.78 Å². The summed E-state index contributed by atoms with van der Waals surface area (Å²) in [6, 6.07) is 10.4. The predicted octanol–water partition coefficient (Wildman–Crippen LogP) is 2.86. The Bertz CT molecular complexity index is 1180. The first-order valence-corrected chi connectivity index (χ1v) is 11.0. The lowest BCUT2D eigenvalue weighted by atomic mass is 10.1. The standard InChI is InChI=1S/C19H18N2O4S2/c1-3-15-11-16-18-12(8-9-27(23,24)19(16)26-15)10-17(22)21(20-18)13-4-6-14(25-2)7-5-13/h4-7,10-11H,3,8-9H2,1-2H3. The van der Waals surface area contributed by atoms with Gasteiger partial charge in [0.2, 0.25) is 0 Å². The largest absolute Gasteiger partial charge is 0.497 e. The highest BCUT2D eigenvalue weighted by molar-refractivity contribution is 7.93. The second-order valence-corrected chi connectivity index (χ2v) is 9.74. The Morgan fingerprint density at radius 2 is 1.96 bits per heavy atom. The molecule has 0 amide bonds. The third-order valence-electron chi connectivity index (χ3n) is 4.60. The third-order valence-corrected chi connectivity index (χ3v) is 8.22. The van der Waals surface area contributed by atoms with E-state index in [-0.39, 0.29) is 17.7 Å². The van der Waals surface area contributed by atoms with Crippen molar-refractivity contribution in [2.24, 2.45) is 0 Å². The molecule has 0 atom stereocenters. The molecule has 3 heterocycles. The Balaban J connectivity index is 1.95. The highest BCUT2D eigenvalue weighted by Gasteiger charge is 2.29. The van der Waals surface area contributed by atoms with E-state index in [1.54, 1.807) is 31.4 Å². The number of fused-ring (bicyclic) bond motifs is 3. The number of hydrogen-bond donors (Lipinski definition) is 0. The van der Waals surface area contributed by atoms with Crippen LogP contribution in [0, 0.1) is 0 Å². The molecule has 3 aromatic rings. The van der Waals surface area contributed by atoms with Crippen LogP contribution >= 0.6 is 11.3 Å². The summed E-state index contributed by atoms with van der Waals surface area (Å²) in [5, 5.41) is 4.56. The zero-order chi connectivity index (χ0) is 19.2. The first-order chi connectivity index (χ1) is 12.9. The van der Waals surface area contributed by atoms with Crippen LogP contribution in [0.5, 0.6) is 5.75 Å². The average molecular weight is 402 g/mol. The minimum Gasteiger partial charge on any atom is -0.497 e. The molecule has 0 radical (unpaired) electrons. The molecule has 1 aliphatic rings. The van der Waals surface area contributed by atoms with Gasteiger partial charge in [-0.15, -0.1) is 11.3 Å². The fraction of sp³-hybridized carbons (Fsp3) is 0.263. The van der Waals surface area contributed by atoms with E-state index in [0.29, 0.717) is 32.5 Å². The number of hydrogen-bond acceptors (Lipinski definition) is 6. The summed E-state index contributed by atoms with van der Waals surface area (Å²) in [5.41, 5.74) is 2.16. The minimum absolute atomic E-state index is 0.00959. The van der Waals surface area contributed by atoms with Crippen molar-refractivity contribution < 1.29 is 13.2 Å². The van der Waals surface area contributed by atoms with E-state index in [4.69, 9.17) is 4.74 Å². The van der Waals surface area contributed by atoms with Gasteiger partial charge in [-0.1, -0.05) is 6.92 Å². The van der Waals surface area contributed by atoms with Gasteiger partial charge in [0.25, 0.3) is 5.56 Å². The lowest BCUT2D eigenvalue weighted by Gasteiger charge is -2.10. The van der Waals surface area contributed by atoms with E-state index < -0.39 is 9.84 Å². The summed E-state index contributed by atoms with van der Waals surface area (Å²) in [7, 11) is -1.81. The van der Waals surface area contributed by atoms with Gasteiger partial charge >= 0.3 is 0 Å². The smallest absolute Gasteiger partial charge is 0.271 e. The molecule has 4 rings (SSSR count). The maximum atomic E-state index is 12.7. The molecular formula is C19H18N2O4S2. The van der Waals surface area contributed by atoms with Crippen LogP contribution in [0.2, 0.25) is 0 Å². The summed E-state index contributed by atoms with van der Waals surface area (Å²) < 4.78 is 32.2.